The highest BCUT2D eigenvalue weighted by Crippen LogP contribution is 2.55. The second-order valence-electron chi connectivity index (χ2n) is 10.8. The van der Waals surface area contributed by atoms with Gasteiger partial charge >= 0.3 is 0 Å². The smallest absolute Gasteiger partial charge is 0.270 e. The molecule has 4 aliphatic carbocycles. The van der Waals surface area contributed by atoms with Crippen molar-refractivity contribution in [1.29, 1.82) is 0 Å². The zero-order chi connectivity index (χ0) is 22.7. The van der Waals surface area contributed by atoms with Crippen molar-refractivity contribution in [3.8, 4) is 0 Å². The minimum absolute atomic E-state index is 0.122. The summed E-state index contributed by atoms with van der Waals surface area (Å²) in [6.07, 6.45) is 8.46. The first-order valence-corrected chi connectivity index (χ1v) is 12.3. The van der Waals surface area contributed by atoms with Crippen molar-refractivity contribution in [2.45, 2.75) is 63.6 Å². The molecule has 9 heteroatoms. The second kappa shape index (κ2) is 7.68. The molecule has 176 valence electrons. The normalized spacial score (nSPS) is 35.2. The van der Waals surface area contributed by atoms with Gasteiger partial charge in [0.25, 0.3) is 5.91 Å². The van der Waals surface area contributed by atoms with E-state index in [0.29, 0.717) is 29.4 Å². The zero-order valence-corrected chi connectivity index (χ0v) is 19.4. The van der Waals surface area contributed by atoms with Crippen molar-refractivity contribution >= 4 is 17.5 Å². The fourth-order valence-electron chi connectivity index (χ4n) is 7.20. The van der Waals surface area contributed by atoms with Gasteiger partial charge < -0.3 is 20.2 Å². The lowest BCUT2D eigenvalue weighted by molar-refractivity contribution is -0.136. The van der Waals surface area contributed by atoms with Gasteiger partial charge in [0, 0.05) is 44.1 Å². The van der Waals surface area contributed by atoms with Crippen LogP contribution in [0.15, 0.2) is 18.5 Å². The number of amides is 1. The molecule has 33 heavy (non-hydrogen) atoms. The Labute approximate surface area is 194 Å². The van der Waals surface area contributed by atoms with Gasteiger partial charge in [0.15, 0.2) is 0 Å². The molecule has 3 unspecified atom stereocenters. The number of aliphatic hydroxyl groups is 1. The number of nitrogens with one attached hydrogen (secondary N) is 2. The Bertz CT molecular complexity index is 1040. The van der Waals surface area contributed by atoms with Crippen LogP contribution in [0, 0.1) is 24.7 Å². The van der Waals surface area contributed by atoms with E-state index in [9.17, 15) is 9.90 Å². The van der Waals surface area contributed by atoms with Crippen molar-refractivity contribution < 1.29 is 9.90 Å². The summed E-state index contributed by atoms with van der Waals surface area (Å²) >= 11 is 0. The molecule has 9 nitrogen and oxygen atoms in total. The van der Waals surface area contributed by atoms with Crippen molar-refractivity contribution in [3.63, 3.8) is 0 Å². The lowest BCUT2D eigenvalue weighted by Crippen LogP contribution is -2.61. The summed E-state index contributed by atoms with van der Waals surface area (Å²) in [5.74, 6) is 1.87. The monoisotopic (exact) mass is 451 g/mol. The van der Waals surface area contributed by atoms with E-state index >= 15 is 0 Å². The van der Waals surface area contributed by atoms with Crippen molar-refractivity contribution in [1.82, 2.24) is 25.5 Å². The van der Waals surface area contributed by atoms with Crippen LogP contribution in [-0.2, 0) is 0 Å². The number of anilines is 2. The van der Waals surface area contributed by atoms with Crippen molar-refractivity contribution in [2.24, 2.45) is 17.8 Å². The average molecular weight is 452 g/mol. The van der Waals surface area contributed by atoms with Crippen LogP contribution in [0.5, 0.6) is 0 Å². The van der Waals surface area contributed by atoms with Gasteiger partial charge in [0.2, 0.25) is 5.95 Å². The number of nitrogens with zero attached hydrogens (tertiary/aromatic N) is 5. The van der Waals surface area contributed by atoms with Crippen LogP contribution in [0.25, 0.3) is 0 Å². The summed E-state index contributed by atoms with van der Waals surface area (Å²) in [5.41, 5.74) is 2.07. The molecular formula is C24H33N7O2. The lowest BCUT2D eigenvalue weighted by Gasteiger charge is -2.58. The fourth-order valence-corrected chi connectivity index (χ4v) is 7.20. The molecule has 3 atom stereocenters. The summed E-state index contributed by atoms with van der Waals surface area (Å²) in [5, 5.41) is 21.3. The molecule has 1 amide bonds. The van der Waals surface area contributed by atoms with Crippen LogP contribution in [0.1, 0.15) is 55.2 Å². The Kier molecular flexibility index (Phi) is 4.87. The third-order valence-corrected chi connectivity index (χ3v) is 8.44. The topological polar surface area (TPSA) is 110 Å². The summed E-state index contributed by atoms with van der Waals surface area (Å²) in [6, 6.07) is 2.06. The van der Waals surface area contributed by atoms with Gasteiger partial charge in [-0.1, -0.05) is 0 Å². The molecule has 0 spiro atoms. The number of carbonyl (C=O) groups is 1. The van der Waals surface area contributed by atoms with Crippen molar-refractivity contribution in [2.75, 3.05) is 29.4 Å². The summed E-state index contributed by atoms with van der Waals surface area (Å²) in [6.45, 7) is 6.65. The van der Waals surface area contributed by atoms with E-state index in [0.717, 1.165) is 63.1 Å². The quantitative estimate of drug-likeness (QED) is 0.651. The summed E-state index contributed by atoms with van der Waals surface area (Å²) in [4.78, 5) is 26.8. The van der Waals surface area contributed by atoms with Gasteiger partial charge in [-0.3, -0.25) is 9.89 Å². The van der Waals surface area contributed by atoms with Crippen LogP contribution in [0.3, 0.4) is 0 Å². The van der Waals surface area contributed by atoms with Crippen LogP contribution in [0.4, 0.5) is 11.6 Å². The number of aryl methyl sites for hydroxylation is 1. The number of H-pyrrole nitrogens is 1. The highest BCUT2D eigenvalue weighted by Gasteiger charge is 2.55. The van der Waals surface area contributed by atoms with E-state index < -0.39 is 5.60 Å². The molecule has 4 bridgehead atoms. The van der Waals surface area contributed by atoms with Crippen LogP contribution in [-0.4, -0.2) is 68.5 Å². The molecule has 2 aromatic heterocycles. The fraction of sp³-hybridized carbons (Fsp3) is 0.667. The first kappa shape index (κ1) is 20.9. The molecular weight excluding hydrogens is 418 g/mol. The molecule has 1 saturated heterocycles. The molecule has 3 N–H and O–H groups in total. The van der Waals surface area contributed by atoms with Gasteiger partial charge in [-0.25, -0.2) is 9.97 Å². The average Bonchev–Trinajstić information content (AvgIpc) is 3.21. The van der Waals surface area contributed by atoms with Crippen molar-refractivity contribution in [3.05, 3.63) is 29.8 Å². The van der Waals surface area contributed by atoms with E-state index in [1.807, 2.05) is 13.1 Å². The molecule has 5 aliphatic rings. The highest BCUT2D eigenvalue weighted by atomic mass is 16.3. The third kappa shape index (κ3) is 3.66. The second-order valence-corrected chi connectivity index (χ2v) is 10.8. The maximum absolute atomic E-state index is 13.2. The molecule has 1 aliphatic heterocycles. The predicted octanol–water partition coefficient (Wildman–Crippen LogP) is 1.89. The van der Waals surface area contributed by atoms with Crippen LogP contribution < -0.4 is 15.1 Å². The van der Waals surface area contributed by atoms with Gasteiger partial charge in [-0.2, -0.15) is 5.10 Å². The maximum atomic E-state index is 13.2. The number of carbonyl (C=O) groups excluding carboxylic acids is 1. The number of piperazine rings is 1. The Balaban J connectivity index is 1.14. The third-order valence-electron chi connectivity index (χ3n) is 8.44. The lowest BCUT2D eigenvalue weighted by atomic mass is 9.52. The van der Waals surface area contributed by atoms with Gasteiger partial charge in [0.05, 0.1) is 17.0 Å². The molecule has 7 rings (SSSR count). The molecule has 5 fully saturated rings. The first-order chi connectivity index (χ1) is 15.9. The van der Waals surface area contributed by atoms with Crippen LogP contribution >= 0.6 is 0 Å². The standard InChI is InChI=1S/C24H33N7O2/c1-14-13-30(20-12-26-29-15(20)2)5-6-31(14)23-25-4-3-19(27-23)22(32)28-21-17-7-16-8-18(21)11-24(33,9-16)10-17/h3-4,12,14,16-18,21,33H,5-11,13H2,1-2H3,(H,26,29)(H,28,32). The highest BCUT2D eigenvalue weighted by molar-refractivity contribution is 5.92. The SMILES string of the molecule is Cc1n[nH]cc1N1CCN(c2nccc(C(=O)NC3C4CC5CC3CC(O)(C5)C4)n2)C(C)C1. The Morgan fingerprint density at radius 2 is 2.03 bits per heavy atom. The number of hydrogen-bond acceptors (Lipinski definition) is 7. The number of hydrogen-bond donors (Lipinski definition) is 3. The Morgan fingerprint density at radius 1 is 1.24 bits per heavy atom. The summed E-state index contributed by atoms with van der Waals surface area (Å²) in [7, 11) is 0. The molecule has 2 aromatic rings. The molecule has 4 saturated carbocycles. The predicted molar refractivity (Wildman–Crippen MR) is 124 cm³/mol. The Morgan fingerprint density at radius 3 is 2.70 bits per heavy atom. The van der Waals surface area contributed by atoms with E-state index in [1.165, 1.54) is 0 Å². The number of rotatable bonds is 4. The Hall–Kier alpha value is -2.68. The van der Waals surface area contributed by atoms with Gasteiger partial charge in [0.1, 0.15) is 5.69 Å². The molecule has 3 heterocycles. The van der Waals surface area contributed by atoms with E-state index in [1.54, 1.807) is 12.3 Å². The number of aromatic amines is 1. The van der Waals surface area contributed by atoms with E-state index in [4.69, 9.17) is 0 Å². The molecule has 0 radical (unpaired) electrons. The van der Waals surface area contributed by atoms with E-state index in [2.05, 4.69) is 42.2 Å². The van der Waals surface area contributed by atoms with Gasteiger partial charge in [-0.05, 0) is 69.8 Å². The minimum Gasteiger partial charge on any atom is -0.390 e. The maximum Gasteiger partial charge on any atom is 0.270 e. The summed E-state index contributed by atoms with van der Waals surface area (Å²) < 4.78 is 0. The van der Waals surface area contributed by atoms with Gasteiger partial charge in [-0.15, -0.1) is 0 Å². The first-order valence-electron chi connectivity index (χ1n) is 12.3. The van der Waals surface area contributed by atoms with Crippen LogP contribution in [0.2, 0.25) is 0 Å². The molecule has 0 aromatic carbocycles. The number of aromatic nitrogens is 4. The zero-order valence-electron chi connectivity index (χ0n) is 19.4. The van der Waals surface area contributed by atoms with E-state index in [-0.39, 0.29) is 18.0 Å². The largest absolute Gasteiger partial charge is 0.390 e. The minimum atomic E-state index is -0.493.